The molecule has 0 aliphatic carbocycles. The van der Waals surface area contributed by atoms with E-state index in [1.165, 1.54) is 0 Å². The Morgan fingerprint density at radius 3 is 1.83 bits per heavy atom. The van der Waals surface area contributed by atoms with Gasteiger partial charge in [0.05, 0.1) is 0 Å². The van der Waals surface area contributed by atoms with Crippen molar-refractivity contribution in [1.29, 1.82) is 0 Å². The van der Waals surface area contributed by atoms with Gasteiger partial charge < -0.3 is 13.3 Å². The molecular formula is C7H17ClO3Si. The predicted octanol–water partition coefficient (Wildman–Crippen LogP) is 1.88. The summed E-state index contributed by atoms with van der Waals surface area (Å²) in [6, 6.07) is 0.765. The van der Waals surface area contributed by atoms with E-state index in [0.717, 1.165) is 12.5 Å². The molecule has 0 saturated heterocycles. The smallest absolute Gasteiger partial charge is 0.377 e. The average Bonchev–Trinajstić information content (AvgIpc) is 2.08. The van der Waals surface area contributed by atoms with Crippen molar-refractivity contribution in [2.75, 3.05) is 21.3 Å². The summed E-state index contributed by atoms with van der Waals surface area (Å²) in [5.74, 6) is 0. The van der Waals surface area contributed by atoms with Gasteiger partial charge in [0.25, 0.3) is 0 Å². The third-order valence-corrected chi connectivity index (χ3v) is 4.77. The van der Waals surface area contributed by atoms with Crippen LogP contribution >= 0.6 is 11.6 Å². The van der Waals surface area contributed by atoms with Crippen LogP contribution in [0.5, 0.6) is 0 Å². The van der Waals surface area contributed by atoms with Crippen molar-refractivity contribution >= 4 is 20.4 Å². The molecule has 0 radical (unpaired) electrons. The van der Waals surface area contributed by atoms with E-state index >= 15 is 0 Å². The summed E-state index contributed by atoms with van der Waals surface area (Å²) in [5.41, 5.74) is 0. The van der Waals surface area contributed by atoms with Gasteiger partial charge in [-0.2, -0.15) is 0 Å². The van der Waals surface area contributed by atoms with Crippen LogP contribution in [0.3, 0.4) is 0 Å². The lowest BCUT2D eigenvalue weighted by molar-refractivity contribution is 0.123. The summed E-state index contributed by atoms with van der Waals surface area (Å²) in [5, 5.41) is 0.136. The highest BCUT2D eigenvalue weighted by molar-refractivity contribution is 6.60. The van der Waals surface area contributed by atoms with E-state index in [0.29, 0.717) is 0 Å². The van der Waals surface area contributed by atoms with Crippen LogP contribution in [0.4, 0.5) is 0 Å². The summed E-state index contributed by atoms with van der Waals surface area (Å²) in [6.45, 7) is 1.95. The zero-order chi connectivity index (χ0) is 9.61. The van der Waals surface area contributed by atoms with Crippen molar-refractivity contribution in [3.05, 3.63) is 0 Å². The number of halogens is 1. The van der Waals surface area contributed by atoms with Gasteiger partial charge in [-0.3, -0.25) is 0 Å². The molecule has 0 aromatic heterocycles. The first-order chi connectivity index (χ1) is 5.60. The second-order valence-electron chi connectivity index (χ2n) is 2.61. The van der Waals surface area contributed by atoms with Crippen LogP contribution < -0.4 is 0 Å². The van der Waals surface area contributed by atoms with Crippen molar-refractivity contribution in [1.82, 2.24) is 0 Å². The molecule has 0 aliphatic rings. The summed E-state index contributed by atoms with van der Waals surface area (Å²) in [4.78, 5) is 0. The Morgan fingerprint density at radius 2 is 1.58 bits per heavy atom. The molecule has 3 nitrogen and oxygen atoms in total. The van der Waals surface area contributed by atoms with Crippen molar-refractivity contribution in [3.8, 4) is 0 Å². The van der Waals surface area contributed by atoms with Crippen LogP contribution in [0.2, 0.25) is 6.04 Å². The van der Waals surface area contributed by atoms with Crippen LogP contribution in [-0.4, -0.2) is 35.5 Å². The fraction of sp³-hybridized carbons (Fsp3) is 1.00. The molecule has 12 heavy (non-hydrogen) atoms. The highest BCUT2D eigenvalue weighted by Gasteiger charge is 2.37. The normalized spacial score (nSPS) is 14.8. The van der Waals surface area contributed by atoms with Crippen LogP contribution in [0.15, 0.2) is 0 Å². The average molecular weight is 213 g/mol. The zero-order valence-electron chi connectivity index (χ0n) is 8.09. The van der Waals surface area contributed by atoms with Gasteiger partial charge in [-0.25, -0.2) is 0 Å². The molecule has 0 fully saturated rings. The summed E-state index contributed by atoms with van der Waals surface area (Å²) < 4.78 is 15.7. The van der Waals surface area contributed by atoms with Crippen LogP contribution in [0, 0.1) is 0 Å². The van der Waals surface area contributed by atoms with Gasteiger partial charge in [0.1, 0.15) is 0 Å². The second kappa shape index (κ2) is 5.94. The van der Waals surface area contributed by atoms with E-state index < -0.39 is 8.80 Å². The van der Waals surface area contributed by atoms with Gasteiger partial charge in [0.15, 0.2) is 0 Å². The van der Waals surface area contributed by atoms with Gasteiger partial charge in [-0.05, 0) is 13.3 Å². The van der Waals surface area contributed by atoms with E-state index in [9.17, 15) is 0 Å². The van der Waals surface area contributed by atoms with Crippen LogP contribution in [0.25, 0.3) is 0 Å². The number of rotatable bonds is 6. The molecular weight excluding hydrogens is 196 g/mol. The lowest BCUT2D eigenvalue weighted by Crippen LogP contribution is -2.42. The number of hydrogen-bond donors (Lipinski definition) is 0. The first-order valence-electron chi connectivity index (χ1n) is 3.89. The highest BCUT2D eigenvalue weighted by atomic mass is 35.5. The quantitative estimate of drug-likeness (QED) is 0.497. The predicted molar refractivity (Wildman–Crippen MR) is 51.5 cm³/mol. The third kappa shape index (κ3) is 3.87. The molecule has 0 aliphatic heterocycles. The molecule has 0 rings (SSSR count). The Kier molecular flexibility index (Phi) is 6.13. The van der Waals surface area contributed by atoms with Crippen molar-refractivity contribution in [3.63, 3.8) is 0 Å². The molecule has 0 N–H and O–H groups in total. The minimum absolute atomic E-state index is 0.136. The van der Waals surface area contributed by atoms with E-state index in [1.54, 1.807) is 21.3 Å². The lowest BCUT2D eigenvalue weighted by Gasteiger charge is -2.24. The highest BCUT2D eigenvalue weighted by Crippen LogP contribution is 2.18. The number of hydrogen-bond acceptors (Lipinski definition) is 3. The molecule has 0 spiro atoms. The standard InChI is InChI=1S/C7H17ClO3Si/c1-7(8)5-6-12(9-2,10-3)11-4/h7H,5-6H2,1-4H3. The van der Waals surface area contributed by atoms with Gasteiger partial charge in [0.2, 0.25) is 0 Å². The van der Waals surface area contributed by atoms with E-state index in [-0.39, 0.29) is 5.38 Å². The lowest BCUT2D eigenvalue weighted by atomic mass is 10.4. The largest absolute Gasteiger partial charge is 0.500 e. The minimum atomic E-state index is -2.36. The van der Waals surface area contributed by atoms with Gasteiger partial charge in [-0.1, -0.05) is 0 Å². The van der Waals surface area contributed by atoms with Crippen LogP contribution in [0.1, 0.15) is 13.3 Å². The summed E-state index contributed by atoms with van der Waals surface area (Å²) in [7, 11) is 2.46. The Bertz CT molecular complexity index is 109. The Labute approximate surface area is 80.3 Å². The molecule has 0 bridgehead atoms. The first-order valence-corrected chi connectivity index (χ1v) is 6.26. The van der Waals surface area contributed by atoms with E-state index in [1.807, 2.05) is 6.92 Å². The molecule has 74 valence electrons. The monoisotopic (exact) mass is 212 g/mol. The SMILES string of the molecule is CO[Si](CCC(C)Cl)(OC)OC. The van der Waals surface area contributed by atoms with E-state index in [2.05, 4.69) is 0 Å². The molecule has 0 aromatic carbocycles. The van der Waals surface area contributed by atoms with Crippen LogP contribution in [-0.2, 0) is 13.3 Å². The molecule has 5 heteroatoms. The summed E-state index contributed by atoms with van der Waals surface area (Å²) in [6.07, 6.45) is 0.850. The van der Waals surface area contributed by atoms with Gasteiger partial charge in [-0.15, -0.1) is 11.6 Å². The second-order valence-corrected chi connectivity index (χ2v) is 6.45. The topological polar surface area (TPSA) is 27.7 Å². The zero-order valence-corrected chi connectivity index (χ0v) is 9.85. The maximum Gasteiger partial charge on any atom is 0.500 e. The minimum Gasteiger partial charge on any atom is -0.377 e. The molecule has 0 amide bonds. The fourth-order valence-corrected chi connectivity index (χ4v) is 3.12. The molecule has 0 heterocycles. The number of alkyl halides is 1. The molecule has 1 atom stereocenters. The van der Waals surface area contributed by atoms with Crippen molar-refractivity contribution < 1.29 is 13.3 Å². The van der Waals surface area contributed by atoms with Gasteiger partial charge in [0, 0.05) is 32.8 Å². The maximum atomic E-state index is 5.81. The molecule has 1 unspecified atom stereocenters. The summed E-state index contributed by atoms with van der Waals surface area (Å²) >= 11 is 5.81. The fourth-order valence-electron chi connectivity index (χ4n) is 0.932. The third-order valence-electron chi connectivity index (χ3n) is 1.78. The maximum absolute atomic E-state index is 5.81. The van der Waals surface area contributed by atoms with Crippen molar-refractivity contribution in [2.24, 2.45) is 0 Å². The Balaban J connectivity index is 3.93. The Morgan fingerprint density at radius 1 is 1.17 bits per heavy atom. The first kappa shape index (κ1) is 12.4. The van der Waals surface area contributed by atoms with Gasteiger partial charge >= 0.3 is 8.80 Å². The van der Waals surface area contributed by atoms with E-state index in [4.69, 9.17) is 24.9 Å². The Hall–Kier alpha value is 0.387. The molecule has 0 saturated carbocycles. The molecule has 0 aromatic rings. The van der Waals surface area contributed by atoms with Crippen molar-refractivity contribution in [2.45, 2.75) is 24.8 Å².